The molecule has 0 aliphatic carbocycles. The number of ether oxygens (including phenoxy) is 14. The summed E-state index contributed by atoms with van der Waals surface area (Å²) in [4.78, 5) is 11.6. The highest BCUT2D eigenvalue weighted by atomic mass is 33.1. The number of hydrogen-bond acceptors (Lipinski definition) is 24. The van der Waals surface area contributed by atoms with Gasteiger partial charge in [0.1, 0.15) is 36.6 Å². The van der Waals surface area contributed by atoms with Crippen LogP contribution in [-0.2, 0) is 71.1 Å². The molecule has 1 rings (SSSR count). The number of carbonyl (C=O) groups is 1. The number of carbonyl (C=O) groups excluding carboxylic acids is 1. The second kappa shape index (κ2) is 60.0. The highest BCUT2D eigenvalue weighted by Crippen LogP contribution is 2.26. The fraction of sp³-hybridized carbons (Fsp3) is 0.982. The standard InChI is InChI=1S/C55H109NO22S2/c1-47(61)56-43-51(76-48(44-58)49(45-59)77-55-54(64)53(63)52(62)50(46-60)78-55)75-40-39-74-38-37-73-36-35-72-34-33-71-32-30-69-27-24-66-21-16-12-8-4-6-10-14-18-42-80-79-41-17-13-9-5-2-3-7-11-15-20-65-23-26-68-29-31-70-28-25-67-22-19-57/h48-55,57-60,62-64H,2-46H2,1H3,(H,56,61)/t48?,49-,50?,51+,52-,53?,54?,55+/m0/s1. The molecular weight excluding hydrogens is 1090 g/mol. The highest BCUT2D eigenvalue weighted by molar-refractivity contribution is 8.76. The van der Waals surface area contributed by atoms with E-state index in [-0.39, 0.29) is 38.9 Å². The van der Waals surface area contributed by atoms with Crippen LogP contribution in [-0.4, -0.2) is 274 Å². The lowest BCUT2D eigenvalue weighted by Gasteiger charge is -2.41. The molecule has 0 aromatic heterocycles. The van der Waals surface area contributed by atoms with Gasteiger partial charge < -0.3 is 107 Å². The smallest absolute Gasteiger partial charge is 0.217 e. The molecule has 23 nitrogen and oxygen atoms in total. The summed E-state index contributed by atoms with van der Waals surface area (Å²) in [6, 6.07) is 0. The number of aliphatic hydroxyl groups is 7. The third kappa shape index (κ3) is 47.6. The topological polar surface area (TPSA) is 300 Å². The lowest BCUT2D eigenvalue weighted by Crippen LogP contribution is -2.60. The highest BCUT2D eigenvalue weighted by Gasteiger charge is 2.45. The number of amides is 1. The van der Waals surface area contributed by atoms with Gasteiger partial charge in [-0.1, -0.05) is 105 Å². The fourth-order valence-corrected chi connectivity index (χ4v) is 10.1. The first-order chi connectivity index (χ1) is 39.3. The minimum atomic E-state index is -1.73. The van der Waals surface area contributed by atoms with Crippen molar-refractivity contribution in [2.45, 2.75) is 165 Å². The van der Waals surface area contributed by atoms with E-state index in [1.54, 1.807) is 0 Å². The largest absolute Gasteiger partial charge is 0.394 e. The fourth-order valence-electron chi connectivity index (χ4n) is 7.83. The van der Waals surface area contributed by atoms with Gasteiger partial charge in [0.25, 0.3) is 0 Å². The van der Waals surface area contributed by atoms with E-state index in [2.05, 4.69) is 26.9 Å². The molecule has 80 heavy (non-hydrogen) atoms. The summed E-state index contributed by atoms with van der Waals surface area (Å²) in [6.07, 6.45) is 10.5. The number of unbranched alkanes of at least 4 members (excludes halogenated alkanes) is 15. The van der Waals surface area contributed by atoms with Crippen molar-refractivity contribution in [3.8, 4) is 0 Å². The summed E-state index contributed by atoms with van der Waals surface area (Å²) >= 11 is 0. The summed E-state index contributed by atoms with van der Waals surface area (Å²) in [7, 11) is 4.12. The molecule has 4 unspecified atom stereocenters. The molecule has 1 aliphatic heterocycles. The summed E-state index contributed by atoms with van der Waals surface area (Å²) in [5.41, 5.74) is 0. The Morgan fingerprint density at radius 1 is 0.438 bits per heavy atom. The third-order valence-corrected chi connectivity index (χ3v) is 15.0. The molecule has 0 spiro atoms. The average molecular weight is 1200 g/mol. The van der Waals surface area contributed by atoms with Gasteiger partial charge in [-0.15, -0.1) is 0 Å². The van der Waals surface area contributed by atoms with Gasteiger partial charge in [-0.3, -0.25) is 4.79 Å². The molecule has 0 bridgehead atoms. The molecule has 8 N–H and O–H groups in total. The lowest BCUT2D eigenvalue weighted by atomic mass is 9.99. The van der Waals surface area contributed by atoms with Crippen molar-refractivity contribution >= 4 is 27.5 Å². The maximum atomic E-state index is 11.6. The van der Waals surface area contributed by atoms with Crippen LogP contribution >= 0.6 is 21.6 Å². The van der Waals surface area contributed by atoms with Crippen molar-refractivity contribution in [1.29, 1.82) is 0 Å². The molecule has 1 aliphatic rings. The zero-order valence-electron chi connectivity index (χ0n) is 48.5. The van der Waals surface area contributed by atoms with Crippen molar-refractivity contribution in [1.82, 2.24) is 5.32 Å². The van der Waals surface area contributed by atoms with Gasteiger partial charge in [0.15, 0.2) is 12.6 Å². The Bertz CT molecular complexity index is 1280. The van der Waals surface area contributed by atoms with Crippen molar-refractivity contribution in [2.75, 3.05) is 183 Å². The molecule has 0 saturated carbocycles. The van der Waals surface area contributed by atoms with Gasteiger partial charge in [0.2, 0.25) is 5.91 Å². The van der Waals surface area contributed by atoms with Gasteiger partial charge in [-0.25, -0.2) is 0 Å². The Kier molecular flexibility index (Phi) is 58.0. The van der Waals surface area contributed by atoms with E-state index in [4.69, 9.17) is 71.4 Å². The molecule has 1 fully saturated rings. The second-order valence-corrected chi connectivity index (χ2v) is 21.9. The van der Waals surface area contributed by atoms with Crippen molar-refractivity contribution in [3.63, 3.8) is 0 Å². The van der Waals surface area contributed by atoms with Crippen LogP contribution in [0.25, 0.3) is 0 Å². The summed E-state index contributed by atoms with van der Waals surface area (Å²) < 4.78 is 77.5. The van der Waals surface area contributed by atoms with E-state index in [1.807, 2.05) is 0 Å². The van der Waals surface area contributed by atoms with E-state index >= 15 is 0 Å². The number of aliphatic hydroxyl groups excluding tert-OH is 7. The van der Waals surface area contributed by atoms with Crippen LogP contribution in [0.5, 0.6) is 0 Å². The van der Waals surface area contributed by atoms with Crippen LogP contribution in [0, 0.1) is 0 Å². The maximum Gasteiger partial charge on any atom is 0.217 e. The average Bonchev–Trinajstić information content (AvgIpc) is 3.50. The second-order valence-electron chi connectivity index (χ2n) is 19.2. The van der Waals surface area contributed by atoms with Crippen LogP contribution in [0.4, 0.5) is 0 Å². The zero-order chi connectivity index (χ0) is 58.0. The van der Waals surface area contributed by atoms with Gasteiger partial charge in [-0.2, -0.15) is 0 Å². The Morgan fingerprint density at radius 3 is 1.15 bits per heavy atom. The monoisotopic (exact) mass is 1200 g/mol. The molecule has 0 aromatic carbocycles. The van der Waals surface area contributed by atoms with Crippen molar-refractivity contribution in [3.05, 3.63) is 0 Å². The molecule has 0 radical (unpaired) electrons. The summed E-state index contributed by atoms with van der Waals surface area (Å²) in [5.74, 6) is 2.19. The van der Waals surface area contributed by atoms with Crippen molar-refractivity contribution in [2.24, 2.45) is 0 Å². The van der Waals surface area contributed by atoms with E-state index in [9.17, 15) is 35.4 Å². The Hall–Kier alpha value is -0.670. The molecule has 1 saturated heterocycles. The first-order valence-electron chi connectivity index (χ1n) is 29.6. The van der Waals surface area contributed by atoms with Crippen LogP contribution in [0.1, 0.15) is 116 Å². The number of nitrogens with one attached hydrogen (secondary N) is 1. The zero-order valence-corrected chi connectivity index (χ0v) is 50.1. The molecule has 1 amide bonds. The molecule has 478 valence electrons. The minimum Gasteiger partial charge on any atom is -0.394 e. The molecular formula is C55H109NO22S2. The van der Waals surface area contributed by atoms with Crippen LogP contribution in [0.2, 0.25) is 0 Å². The number of rotatable bonds is 64. The first-order valence-corrected chi connectivity index (χ1v) is 32.1. The van der Waals surface area contributed by atoms with Crippen LogP contribution in [0.15, 0.2) is 0 Å². The number of hydrogen-bond donors (Lipinski definition) is 8. The van der Waals surface area contributed by atoms with E-state index in [0.29, 0.717) is 106 Å². The van der Waals surface area contributed by atoms with Gasteiger partial charge in [0.05, 0.1) is 159 Å². The SMILES string of the molecule is CC(=O)NC[C@H](OCCOCCOCCOCCOCCOCCOCCCCCCCCCCSSCCCCCCCCCCCOCCOCCOCCOCCO)OC(CO)[C@H](CO)O[C@@H]1OC(CO)[C@H](O)C(O)C1O. The Labute approximate surface area is 486 Å². The van der Waals surface area contributed by atoms with E-state index in [1.165, 1.54) is 115 Å². The van der Waals surface area contributed by atoms with Gasteiger partial charge in [0, 0.05) is 31.6 Å². The predicted octanol–water partition coefficient (Wildman–Crippen LogP) is 3.19. The Balaban J connectivity index is 1.80. The Morgan fingerprint density at radius 2 is 0.787 bits per heavy atom. The third-order valence-electron chi connectivity index (χ3n) is 12.4. The van der Waals surface area contributed by atoms with Crippen molar-refractivity contribution < 1.29 is 107 Å². The normalized spacial score (nSPS) is 18.7. The molecule has 25 heteroatoms. The molecule has 0 aromatic rings. The molecule has 1 heterocycles. The minimum absolute atomic E-state index is 0.0373. The quantitative estimate of drug-likeness (QED) is 0.0246. The molecule has 8 atom stereocenters. The summed E-state index contributed by atoms with van der Waals surface area (Å²) in [6.45, 7) is 9.02. The van der Waals surface area contributed by atoms with Crippen LogP contribution in [0.3, 0.4) is 0 Å². The van der Waals surface area contributed by atoms with Gasteiger partial charge >= 0.3 is 0 Å². The maximum absolute atomic E-state index is 11.6. The van der Waals surface area contributed by atoms with Gasteiger partial charge in [-0.05, 0) is 25.7 Å². The van der Waals surface area contributed by atoms with E-state index in [0.717, 1.165) is 26.1 Å². The summed E-state index contributed by atoms with van der Waals surface area (Å²) in [5, 5.41) is 71.0. The predicted molar refractivity (Wildman–Crippen MR) is 305 cm³/mol. The lowest BCUT2D eigenvalue weighted by molar-refractivity contribution is -0.326. The first kappa shape index (κ1) is 77.3. The van der Waals surface area contributed by atoms with E-state index < -0.39 is 69.0 Å². The van der Waals surface area contributed by atoms with Crippen LogP contribution < -0.4 is 5.32 Å².